The molecule has 2 unspecified atom stereocenters. The van der Waals surface area contributed by atoms with Crippen LogP contribution in [0.25, 0.3) is 0 Å². The summed E-state index contributed by atoms with van der Waals surface area (Å²) in [5.41, 5.74) is 2.73. The molecule has 0 amide bonds. The first-order valence-electron chi connectivity index (χ1n) is 6.63. The average Bonchev–Trinajstić information content (AvgIpc) is 2.73. The maximum Gasteiger partial charge on any atom is 0.123 e. The largest absolute Gasteiger partial charge is 0.508 e. The summed E-state index contributed by atoms with van der Waals surface area (Å²) in [5.74, 6) is -0.252. The molecule has 0 aliphatic heterocycles. The highest BCUT2D eigenvalue weighted by molar-refractivity contribution is 5.35. The van der Waals surface area contributed by atoms with Crippen molar-refractivity contribution in [3.05, 3.63) is 47.0 Å². The average molecular weight is 277 g/mol. The van der Waals surface area contributed by atoms with Gasteiger partial charge < -0.3 is 10.4 Å². The minimum atomic E-state index is -0.350. The van der Waals surface area contributed by atoms with Crippen molar-refractivity contribution in [2.45, 2.75) is 32.9 Å². The molecular weight excluding hydrogens is 257 g/mol. The number of hydrogen-bond acceptors (Lipinski definition) is 3. The predicted octanol–water partition coefficient (Wildman–Crippen LogP) is 2.99. The van der Waals surface area contributed by atoms with Crippen molar-refractivity contribution >= 4 is 0 Å². The number of nitrogens with one attached hydrogen (secondary N) is 1. The molecule has 0 saturated carbocycles. The Morgan fingerprint density at radius 1 is 1.25 bits per heavy atom. The van der Waals surface area contributed by atoms with Gasteiger partial charge in [-0.1, -0.05) is 0 Å². The molecule has 2 atom stereocenters. The lowest BCUT2D eigenvalue weighted by Crippen LogP contribution is -2.23. The van der Waals surface area contributed by atoms with Crippen molar-refractivity contribution < 1.29 is 9.50 Å². The van der Waals surface area contributed by atoms with Gasteiger partial charge in [-0.2, -0.15) is 5.10 Å². The standard InChI is InChI=1S/C15H20FN3O/c1-9(13-7-12(16)5-6-15(13)20)18-10(2)14-8-17-19(4)11(14)3/h5-10,18,20H,1-4H3. The van der Waals surface area contributed by atoms with E-state index in [4.69, 9.17) is 0 Å². The summed E-state index contributed by atoms with van der Waals surface area (Å²) in [6.45, 7) is 5.93. The second-order valence-corrected chi connectivity index (χ2v) is 5.12. The number of hydrogen-bond donors (Lipinski definition) is 2. The van der Waals surface area contributed by atoms with Gasteiger partial charge in [-0.25, -0.2) is 4.39 Å². The highest BCUT2D eigenvalue weighted by Crippen LogP contribution is 2.27. The Balaban J connectivity index is 2.17. The van der Waals surface area contributed by atoms with Crippen LogP contribution in [0.2, 0.25) is 0 Å². The van der Waals surface area contributed by atoms with Crippen molar-refractivity contribution in [3.8, 4) is 5.75 Å². The molecular formula is C15H20FN3O. The van der Waals surface area contributed by atoms with Gasteiger partial charge in [-0.15, -0.1) is 0 Å². The SMILES string of the molecule is Cc1c(C(C)NC(C)c2cc(F)ccc2O)cnn1C. The van der Waals surface area contributed by atoms with Gasteiger partial charge >= 0.3 is 0 Å². The van der Waals surface area contributed by atoms with E-state index in [1.54, 1.807) is 0 Å². The number of aromatic nitrogens is 2. The van der Waals surface area contributed by atoms with Crippen molar-refractivity contribution in [1.82, 2.24) is 15.1 Å². The Labute approximate surface area is 118 Å². The zero-order valence-electron chi connectivity index (χ0n) is 12.2. The van der Waals surface area contributed by atoms with E-state index in [0.29, 0.717) is 5.56 Å². The molecule has 1 aromatic carbocycles. The monoisotopic (exact) mass is 277 g/mol. The molecule has 0 saturated heterocycles. The Morgan fingerprint density at radius 2 is 1.90 bits per heavy atom. The molecule has 2 N–H and O–H groups in total. The van der Waals surface area contributed by atoms with Crippen molar-refractivity contribution in [3.63, 3.8) is 0 Å². The zero-order valence-corrected chi connectivity index (χ0v) is 12.2. The van der Waals surface area contributed by atoms with E-state index in [1.165, 1.54) is 18.2 Å². The van der Waals surface area contributed by atoms with E-state index in [-0.39, 0.29) is 23.7 Å². The fourth-order valence-corrected chi connectivity index (χ4v) is 2.37. The number of phenolic OH excluding ortho intramolecular Hbond substituents is 1. The van der Waals surface area contributed by atoms with Crippen molar-refractivity contribution in [1.29, 1.82) is 0 Å². The number of rotatable bonds is 4. The van der Waals surface area contributed by atoms with E-state index in [9.17, 15) is 9.50 Å². The lowest BCUT2D eigenvalue weighted by Gasteiger charge is -2.21. The third kappa shape index (κ3) is 2.82. The van der Waals surface area contributed by atoms with Gasteiger partial charge in [0.05, 0.1) is 6.20 Å². The molecule has 0 aliphatic rings. The molecule has 0 bridgehead atoms. The van der Waals surface area contributed by atoms with E-state index in [1.807, 2.05) is 38.7 Å². The maximum atomic E-state index is 13.3. The van der Waals surface area contributed by atoms with Crippen LogP contribution < -0.4 is 5.32 Å². The first kappa shape index (κ1) is 14.5. The molecule has 1 aromatic heterocycles. The molecule has 2 aromatic rings. The number of nitrogens with zero attached hydrogens (tertiary/aromatic N) is 2. The lowest BCUT2D eigenvalue weighted by molar-refractivity contribution is 0.434. The third-order valence-electron chi connectivity index (χ3n) is 3.70. The van der Waals surface area contributed by atoms with Gasteiger partial charge in [0.15, 0.2) is 0 Å². The Kier molecular flexibility index (Phi) is 4.09. The molecule has 0 aliphatic carbocycles. The molecule has 4 nitrogen and oxygen atoms in total. The smallest absolute Gasteiger partial charge is 0.123 e. The highest BCUT2D eigenvalue weighted by Gasteiger charge is 2.17. The van der Waals surface area contributed by atoms with Crippen LogP contribution in [-0.4, -0.2) is 14.9 Å². The summed E-state index contributed by atoms with van der Waals surface area (Å²) < 4.78 is 15.1. The van der Waals surface area contributed by atoms with Gasteiger partial charge in [0, 0.05) is 36.0 Å². The van der Waals surface area contributed by atoms with Gasteiger partial charge in [0.25, 0.3) is 0 Å². The molecule has 2 rings (SSSR count). The summed E-state index contributed by atoms with van der Waals surface area (Å²) >= 11 is 0. The van der Waals surface area contributed by atoms with E-state index in [2.05, 4.69) is 10.4 Å². The maximum absolute atomic E-state index is 13.3. The number of aryl methyl sites for hydroxylation is 1. The first-order valence-corrected chi connectivity index (χ1v) is 6.63. The van der Waals surface area contributed by atoms with E-state index in [0.717, 1.165) is 11.3 Å². The summed E-state index contributed by atoms with van der Waals surface area (Å²) in [5, 5.41) is 17.4. The van der Waals surface area contributed by atoms with Crippen LogP contribution >= 0.6 is 0 Å². The minimum absolute atomic E-state index is 0.0568. The third-order valence-corrected chi connectivity index (χ3v) is 3.70. The van der Waals surface area contributed by atoms with Crippen molar-refractivity contribution in [2.24, 2.45) is 7.05 Å². The van der Waals surface area contributed by atoms with Crippen LogP contribution in [0.15, 0.2) is 24.4 Å². The molecule has 20 heavy (non-hydrogen) atoms. The Hall–Kier alpha value is -1.88. The molecule has 0 radical (unpaired) electrons. The van der Waals surface area contributed by atoms with Crippen LogP contribution in [0, 0.1) is 12.7 Å². The van der Waals surface area contributed by atoms with Crippen LogP contribution in [0.3, 0.4) is 0 Å². The van der Waals surface area contributed by atoms with Crippen LogP contribution in [0.4, 0.5) is 4.39 Å². The van der Waals surface area contributed by atoms with Crippen LogP contribution in [-0.2, 0) is 7.05 Å². The topological polar surface area (TPSA) is 50.1 Å². The zero-order chi connectivity index (χ0) is 14.9. The van der Waals surface area contributed by atoms with E-state index >= 15 is 0 Å². The van der Waals surface area contributed by atoms with Crippen LogP contribution in [0.5, 0.6) is 5.75 Å². The highest BCUT2D eigenvalue weighted by atomic mass is 19.1. The summed E-state index contributed by atoms with van der Waals surface area (Å²) in [7, 11) is 1.90. The second kappa shape index (κ2) is 5.63. The molecule has 108 valence electrons. The quantitative estimate of drug-likeness (QED) is 0.903. The first-order chi connectivity index (χ1) is 9.40. The Morgan fingerprint density at radius 3 is 2.50 bits per heavy atom. The van der Waals surface area contributed by atoms with Gasteiger partial charge in [-0.3, -0.25) is 4.68 Å². The van der Waals surface area contributed by atoms with Crippen LogP contribution in [0.1, 0.15) is 42.8 Å². The number of aromatic hydroxyl groups is 1. The van der Waals surface area contributed by atoms with E-state index < -0.39 is 0 Å². The van der Waals surface area contributed by atoms with Crippen molar-refractivity contribution in [2.75, 3.05) is 0 Å². The fourth-order valence-electron chi connectivity index (χ4n) is 2.37. The second-order valence-electron chi connectivity index (χ2n) is 5.12. The normalized spacial score (nSPS) is 14.2. The molecule has 1 heterocycles. The fraction of sp³-hybridized carbons (Fsp3) is 0.400. The number of benzene rings is 1. The van der Waals surface area contributed by atoms with Gasteiger partial charge in [0.2, 0.25) is 0 Å². The summed E-state index contributed by atoms with van der Waals surface area (Å²) in [6, 6.07) is 3.88. The minimum Gasteiger partial charge on any atom is -0.508 e. The number of phenols is 1. The molecule has 5 heteroatoms. The molecule has 0 spiro atoms. The summed E-state index contributed by atoms with van der Waals surface area (Å²) in [6.07, 6.45) is 1.82. The lowest BCUT2D eigenvalue weighted by atomic mass is 10.0. The Bertz CT molecular complexity index is 609. The molecule has 0 fully saturated rings. The summed E-state index contributed by atoms with van der Waals surface area (Å²) in [4.78, 5) is 0. The van der Waals surface area contributed by atoms with Gasteiger partial charge in [-0.05, 0) is 39.0 Å². The number of halogens is 1. The van der Waals surface area contributed by atoms with Gasteiger partial charge in [0.1, 0.15) is 11.6 Å². The predicted molar refractivity (Wildman–Crippen MR) is 76.0 cm³/mol.